The van der Waals surface area contributed by atoms with Crippen LogP contribution in [0, 0.1) is 5.82 Å². The highest BCUT2D eigenvalue weighted by atomic mass is 32.2. The van der Waals surface area contributed by atoms with Crippen molar-refractivity contribution in [2.45, 2.75) is 11.4 Å². The highest BCUT2D eigenvalue weighted by molar-refractivity contribution is 7.99. The molecule has 1 aromatic carbocycles. The molecule has 6 nitrogen and oxygen atoms in total. The topological polar surface area (TPSA) is 62.5 Å². The first-order valence-corrected chi connectivity index (χ1v) is 8.85. The predicted octanol–water partition coefficient (Wildman–Crippen LogP) is 2.34. The van der Waals surface area contributed by atoms with Crippen LogP contribution in [-0.2, 0) is 6.54 Å². The van der Waals surface area contributed by atoms with Gasteiger partial charge >= 0.3 is 0 Å². The van der Waals surface area contributed by atoms with Gasteiger partial charge in [0.2, 0.25) is 0 Å². The fraction of sp³-hybridized carbons (Fsp3) is 0.235. The fourth-order valence-corrected chi connectivity index (χ4v) is 3.70. The SMILES string of the molecule is CN1Cc2cc(F)ccc2SCCNC(=O)c2cnn3ccc1nc23. The number of anilines is 1. The molecular weight excluding hydrogens is 341 g/mol. The van der Waals surface area contributed by atoms with Crippen LogP contribution in [0.15, 0.2) is 41.6 Å². The molecule has 0 unspecified atom stereocenters. The summed E-state index contributed by atoms with van der Waals surface area (Å²) < 4.78 is 15.3. The van der Waals surface area contributed by atoms with E-state index in [0.717, 1.165) is 10.5 Å². The third-order valence-electron chi connectivity index (χ3n) is 4.07. The summed E-state index contributed by atoms with van der Waals surface area (Å²) in [5.74, 6) is 0.943. The van der Waals surface area contributed by atoms with Crippen molar-refractivity contribution >= 4 is 29.1 Å². The molecule has 0 fully saturated rings. The van der Waals surface area contributed by atoms with E-state index in [2.05, 4.69) is 15.4 Å². The Morgan fingerprint density at radius 1 is 1.32 bits per heavy atom. The minimum Gasteiger partial charge on any atom is -0.355 e. The minimum absolute atomic E-state index is 0.193. The van der Waals surface area contributed by atoms with Gasteiger partial charge in [-0.05, 0) is 29.8 Å². The molecule has 2 bridgehead atoms. The van der Waals surface area contributed by atoms with Crippen LogP contribution in [0.25, 0.3) is 5.65 Å². The van der Waals surface area contributed by atoms with Gasteiger partial charge in [-0.1, -0.05) is 0 Å². The Balaban J connectivity index is 1.80. The van der Waals surface area contributed by atoms with E-state index in [1.54, 1.807) is 34.6 Å². The highest BCUT2D eigenvalue weighted by Gasteiger charge is 2.17. The number of fused-ring (bicyclic) bond motifs is 2. The quantitative estimate of drug-likeness (QED) is 0.669. The maximum atomic E-state index is 13.7. The van der Waals surface area contributed by atoms with E-state index < -0.39 is 0 Å². The molecule has 0 spiro atoms. The van der Waals surface area contributed by atoms with Gasteiger partial charge in [0.25, 0.3) is 5.91 Å². The Hall–Kier alpha value is -2.61. The molecule has 2 aromatic heterocycles. The Kier molecular flexibility index (Phi) is 4.04. The molecule has 0 aliphatic carbocycles. The first kappa shape index (κ1) is 15.9. The molecule has 0 saturated carbocycles. The second-order valence-corrected chi connectivity index (χ2v) is 6.96. The Labute approximate surface area is 148 Å². The van der Waals surface area contributed by atoms with Crippen LogP contribution in [0.5, 0.6) is 0 Å². The molecule has 0 saturated heterocycles. The maximum absolute atomic E-state index is 13.7. The summed E-state index contributed by atoms with van der Waals surface area (Å²) in [5.41, 5.74) is 1.85. The van der Waals surface area contributed by atoms with Gasteiger partial charge in [0.1, 0.15) is 17.2 Å². The van der Waals surface area contributed by atoms with Crippen LogP contribution < -0.4 is 10.2 Å². The van der Waals surface area contributed by atoms with Gasteiger partial charge < -0.3 is 10.2 Å². The number of amides is 1. The lowest BCUT2D eigenvalue weighted by atomic mass is 10.2. The molecule has 25 heavy (non-hydrogen) atoms. The number of rotatable bonds is 0. The van der Waals surface area contributed by atoms with Crippen molar-refractivity contribution in [1.29, 1.82) is 0 Å². The number of nitrogens with zero attached hydrogens (tertiary/aromatic N) is 4. The summed E-state index contributed by atoms with van der Waals surface area (Å²) >= 11 is 1.60. The van der Waals surface area contributed by atoms with E-state index in [4.69, 9.17) is 0 Å². The molecule has 3 heterocycles. The van der Waals surface area contributed by atoms with Crippen LogP contribution in [0.3, 0.4) is 0 Å². The molecule has 3 aromatic rings. The van der Waals surface area contributed by atoms with E-state index in [9.17, 15) is 9.18 Å². The lowest BCUT2D eigenvalue weighted by Crippen LogP contribution is -2.25. The number of carbonyl (C=O) groups excluding carboxylic acids is 1. The van der Waals surface area contributed by atoms with Crippen LogP contribution in [0.2, 0.25) is 0 Å². The average Bonchev–Trinajstić information content (AvgIpc) is 3.02. The van der Waals surface area contributed by atoms with Crippen molar-refractivity contribution in [2.75, 3.05) is 24.2 Å². The number of carbonyl (C=O) groups is 1. The smallest absolute Gasteiger partial charge is 0.256 e. The zero-order chi connectivity index (χ0) is 17.4. The molecule has 1 aliphatic heterocycles. The van der Waals surface area contributed by atoms with Gasteiger partial charge in [-0.25, -0.2) is 13.9 Å². The highest BCUT2D eigenvalue weighted by Crippen LogP contribution is 2.26. The van der Waals surface area contributed by atoms with E-state index in [1.807, 2.05) is 18.0 Å². The van der Waals surface area contributed by atoms with E-state index in [-0.39, 0.29) is 11.7 Å². The summed E-state index contributed by atoms with van der Waals surface area (Å²) in [6.07, 6.45) is 3.30. The molecule has 8 heteroatoms. The Morgan fingerprint density at radius 2 is 2.20 bits per heavy atom. The summed E-state index contributed by atoms with van der Waals surface area (Å²) in [4.78, 5) is 19.9. The van der Waals surface area contributed by atoms with Crippen LogP contribution in [0.1, 0.15) is 15.9 Å². The Morgan fingerprint density at radius 3 is 3.08 bits per heavy atom. The number of hydrogen-bond donors (Lipinski definition) is 1. The predicted molar refractivity (Wildman–Crippen MR) is 94.6 cm³/mol. The van der Waals surface area contributed by atoms with Gasteiger partial charge in [-0.2, -0.15) is 5.10 Å². The standard InChI is InChI=1S/C17H16FN5OS/c1-22-10-11-8-12(18)2-3-14(11)25-7-5-19-17(24)13-9-20-23-6-4-15(22)21-16(13)23/h2-4,6,8-9H,5,7,10H2,1H3,(H,19,24). The summed E-state index contributed by atoms with van der Waals surface area (Å²) in [5, 5.41) is 7.06. The number of nitrogens with one attached hydrogen (secondary N) is 1. The molecular formula is C17H16FN5OS. The van der Waals surface area contributed by atoms with Crippen molar-refractivity contribution in [3.05, 3.63) is 53.6 Å². The zero-order valence-corrected chi connectivity index (χ0v) is 14.4. The molecule has 0 radical (unpaired) electrons. The van der Waals surface area contributed by atoms with E-state index in [0.29, 0.717) is 35.9 Å². The summed E-state index contributed by atoms with van der Waals surface area (Å²) in [7, 11) is 1.90. The van der Waals surface area contributed by atoms with Crippen molar-refractivity contribution in [3.8, 4) is 0 Å². The average molecular weight is 357 g/mol. The number of benzene rings is 1. The summed E-state index contributed by atoms with van der Waals surface area (Å²) in [6.45, 7) is 1.03. The van der Waals surface area contributed by atoms with Crippen molar-refractivity contribution < 1.29 is 9.18 Å². The molecule has 1 N–H and O–H groups in total. The largest absolute Gasteiger partial charge is 0.355 e. The zero-order valence-electron chi connectivity index (χ0n) is 13.6. The molecule has 1 amide bonds. The normalized spacial score (nSPS) is 15.3. The van der Waals surface area contributed by atoms with Crippen molar-refractivity contribution in [1.82, 2.24) is 19.9 Å². The van der Waals surface area contributed by atoms with E-state index in [1.165, 1.54) is 12.3 Å². The van der Waals surface area contributed by atoms with Gasteiger partial charge in [0.15, 0.2) is 5.65 Å². The second kappa shape index (κ2) is 6.36. The fourth-order valence-electron chi connectivity index (χ4n) is 2.80. The van der Waals surface area contributed by atoms with Crippen molar-refractivity contribution in [3.63, 3.8) is 0 Å². The van der Waals surface area contributed by atoms with Crippen LogP contribution in [0.4, 0.5) is 10.2 Å². The van der Waals surface area contributed by atoms with Crippen molar-refractivity contribution in [2.24, 2.45) is 0 Å². The van der Waals surface area contributed by atoms with Gasteiger partial charge in [-0.15, -0.1) is 11.8 Å². The number of aromatic nitrogens is 3. The van der Waals surface area contributed by atoms with Gasteiger partial charge in [-0.3, -0.25) is 4.79 Å². The number of hydrogen-bond acceptors (Lipinski definition) is 5. The molecule has 4 rings (SSSR count). The number of thioether (sulfide) groups is 1. The van der Waals surface area contributed by atoms with E-state index >= 15 is 0 Å². The van der Waals surface area contributed by atoms with Gasteiger partial charge in [0, 0.05) is 37.0 Å². The first-order valence-electron chi connectivity index (χ1n) is 7.87. The molecule has 1 aliphatic rings. The van der Waals surface area contributed by atoms with Crippen LogP contribution >= 0.6 is 11.8 Å². The van der Waals surface area contributed by atoms with Crippen LogP contribution in [-0.4, -0.2) is 39.9 Å². The third kappa shape index (κ3) is 3.05. The molecule has 0 atom stereocenters. The number of halogens is 1. The molecule has 128 valence electrons. The van der Waals surface area contributed by atoms with Gasteiger partial charge in [0.05, 0.1) is 6.20 Å². The third-order valence-corrected chi connectivity index (χ3v) is 5.18. The lowest BCUT2D eigenvalue weighted by molar-refractivity contribution is 0.0957. The first-order chi connectivity index (χ1) is 12.1. The second-order valence-electron chi connectivity index (χ2n) is 5.82. The monoisotopic (exact) mass is 357 g/mol. The minimum atomic E-state index is -0.258. The summed E-state index contributed by atoms with van der Waals surface area (Å²) in [6, 6.07) is 6.63. The Bertz CT molecular complexity index is 957. The maximum Gasteiger partial charge on any atom is 0.256 e. The lowest BCUT2D eigenvalue weighted by Gasteiger charge is -2.20.